The Hall–Kier alpha value is -2.47. The molecule has 0 radical (unpaired) electrons. The first kappa shape index (κ1) is 18.3. The highest BCUT2D eigenvalue weighted by atomic mass is 19.1. The first-order valence-electron chi connectivity index (χ1n) is 8.90. The number of anilines is 1. The minimum absolute atomic E-state index is 0.386. The van der Waals surface area contributed by atoms with Crippen molar-refractivity contribution in [3.05, 3.63) is 65.7 Å². The second kappa shape index (κ2) is 8.76. The van der Waals surface area contributed by atoms with Crippen molar-refractivity contribution < 1.29 is 13.6 Å². The van der Waals surface area contributed by atoms with Crippen molar-refractivity contribution in [2.24, 2.45) is 0 Å². The van der Waals surface area contributed by atoms with E-state index in [4.69, 9.17) is 0 Å². The highest BCUT2D eigenvalue weighted by Gasteiger charge is 2.22. The molecule has 26 heavy (non-hydrogen) atoms. The zero-order chi connectivity index (χ0) is 18.4. The van der Waals surface area contributed by atoms with E-state index in [0.29, 0.717) is 13.1 Å². The van der Waals surface area contributed by atoms with Crippen LogP contribution in [0.25, 0.3) is 0 Å². The third kappa shape index (κ3) is 4.79. The van der Waals surface area contributed by atoms with Crippen molar-refractivity contribution in [1.82, 2.24) is 9.80 Å². The SMILES string of the molecule is O=C(Nc1c(F)cccc1F)N1CCN(CCCc2ccccc2)CC1. The molecule has 6 heteroatoms. The van der Waals surface area contributed by atoms with Gasteiger partial charge < -0.3 is 10.2 Å². The summed E-state index contributed by atoms with van der Waals surface area (Å²) in [5, 5.41) is 2.35. The van der Waals surface area contributed by atoms with Gasteiger partial charge in [-0.1, -0.05) is 36.4 Å². The molecule has 1 fully saturated rings. The van der Waals surface area contributed by atoms with Gasteiger partial charge in [0.2, 0.25) is 0 Å². The largest absolute Gasteiger partial charge is 0.322 e. The third-order valence-electron chi connectivity index (χ3n) is 4.64. The minimum Gasteiger partial charge on any atom is -0.322 e. The zero-order valence-corrected chi connectivity index (χ0v) is 14.6. The van der Waals surface area contributed by atoms with Gasteiger partial charge in [-0.15, -0.1) is 0 Å². The maximum absolute atomic E-state index is 13.6. The number of hydrogen-bond donors (Lipinski definition) is 1. The molecule has 3 rings (SSSR count). The van der Waals surface area contributed by atoms with Gasteiger partial charge in [0.05, 0.1) is 0 Å². The summed E-state index contributed by atoms with van der Waals surface area (Å²) in [6.07, 6.45) is 2.10. The fourth-order valence-electron chi connectivity index (χ4n) is 3.13. The van der Waals surface area contributed by atoms with E-state index in [2.05, 4.69) is 22.3 Å². The second-order valence-corrected chi connectivity index (χ2v) is 6.44. The van der Waals surface area contributed by atoms with E-state index in [1.54, 1.807) is 4.90 Å². The molecule has 0 unspecified atom stereocenters. The fraction of sp³-hybridized carbons (Fsp3) is 0.350. The summed E-state index contributed by atoms with van der Waals surface area (Å²) in [6, 6.07) is 13.4. The number of carbonyl (C=O) groups is 1. The van der Waals surface area contributed by atoms with Crippen molar-refractivity contribution in [3.8, 4) is 0 Å². The van der Waals surface area contributed by atoms with Gasteiger partial charge >= 0.3 is 6.03 Å². The van der Waals surface area contributed by atoms with E-state index in [-0.39, 0.29) is 5.69 Å². The number of para-hydroxylation sites is 1. The smallest absolute Gasteiger partial charge is 0.322 e. The second-order valence-electron chi connectivity index (χ2n) is 6.44. The monoisotopic (exact) mass is 359 g/mol. The van der Waals surface area contributed by atoms with Crippen LogP contribution in [0.5, 0.6) is 0 Å². The van der Waals surface area contributed by atoms with E-state index < -0.39 is 17.7 Å². The van der Waals surface area contributed by atoms with Gasteiger partial charge in [-0.2, -0.15) is 0 Å². The van der Waals surface area contributed by atoms with Crippen LogP contribution in [0.4, 0.5) is 19.3 Å². The van der Waals surface area contributed by atoms with Gasteiger partial charge in [0.15, 0.2) is 0 Å². The lowest BCUT2D eigenvalue weighted by Crippen LogP contribution is -2.50. The average molecular weight is 359 g/mol. The molecular weight excluding hydrogens is 336 g/mol. The highest BCUT2D eigenvalue weighted by molar-refractivity contribution is 5.89. The normalized spacial score (nSPS) is 15.1. The fourth-order valence-corrected chi connectivity index (χ4v) is 3.13. The Kier molecular flexibility index (Phi) is 6.17. The van der Waals surface area contributed by atoms with Crippen molar-refractivity contribution in [1.29, 1.82) is 0 Å². The van der Waals surface area contributed by atoms with Gasteiger partial charge in [-0.3, -0.25) is 4.90 Å². The van der Waals surface area contributed by atoms with Crippen LogP contribution < -0.4 is 5.32 Å². The molecule has 2 aromatic carbocycles. The Bertz CT molecular complexity index is 711. The number of carbonyl (C=O) groups excluding carboxylic acids is 1. The molecule has 0 aliphatic carbocycles. The molecular formula is C20H23F2N3O. The highest BCUT2D eigenvalue weighted by Crippen LogP contribution is 2.19. The Morgan fingerprint density at radius 1 is 0.923 bits per heavy atom. The van der Waals surface area contributed by atoms with E-state index >= 15 is 0 Å². The number of urea groups is 1. The van der Waals surface area contributed by atoms with Crippen LogP contribution >= 0.6 is 0 Å². The summed E-state index contributed by atoms with van der Waals surface area (Å²) < 4.78 is 27.3. The van der Waals surface area contributed by atoms with Crippen LogP contribution in [0.1, 0.15) is 12.0 Å². The molecule has 0 bridgehead atoms. The van der Waals surface area contributed by atoms with Gasteiger partial charge in [-0.25, -0.2) is 13.6 Å². The van der Waals surface area contributed by atoms with Crippen LogP contribution in [-0.2, 0) is 6.42 Å². The molecule has 0 atom stereocenters. The lowest BCUT2D eigenvalue weighted by Gasteiger charge is -2.34. The van der Waals surface area contributed by atoms with Gasteiger partial charge in [0.1, 0.15) is 17.3 Å². The number of nitrogens with one attached hydrogen (secondary N) is 1. The van der Waals surface area contributed by atoms with Crippen molar-refractivity contribution in [3.63, 3.8) is 0 Å². The minimum atomic E-state index is -0.766. The summed E-state index contributed by atoms with van der Waals surface area (Å²) in [5.41, 5.74) is 0.945. The maximum atomic E-state index is 13.6. The molecule has 4 nitrogen and oxygen atoms in total. The Morgan fingerprint density at radius 2 is 1.58 bits per heavy atom. The van der Waals surface area contributed by atoms with Crippen molar-refractivity contribution in [2.75, 3.05) is 38.0 Å². The number of halogens is 2. The molecule has 0 aromatic heterocycles. The Labute approximate surface area is 152 Å². The molecule has 1 N–H and O–H groups in total. The number of nitrogens with zero attached hydrogens (tertiary/aromatic N) is 2. The molecule has 0 spiro atoms. The maximum Gasteiger partial charge on any atom is 0.322 e. The lowest BCUT2D eigenvalue weighted by molar-refractivity contribution is 0.146. The number of aryl methyl sites for hydroxylation is 1. The van der Waals surface area contributed by atoms with Gasteiger partial charge in [-0.05, 0) is 37.1 Å². The molecule has 138 valence electrons. The molecule has 1 aliphatic heterocycles. The summed E-state index contributed by atoms with van der Waals surface area (Å²) in [4.78, 5) is 16.2. The summed E-state index contributed by atoms with van der Waals surface area (Å²) >= 11 is 0. The van der Waals surface area contributed by atoms with E-state index in [0.717, 1.165) is 44.6 Å². The molecule has 2 aromatic rings. The lowest BCUT2D eigenvalue weighted by atomic mass is 10.1. The topological polar surface area (TPSA) is 35.6 Å². The van der Waals surface area contributed by atoms with Crippen LogP contribution in [0, 0.1) is 11.6 Å². The van der Waals surface area contributed by atoms with E-state index in [1.165, 1.54) is 11.6 Å². The van der Waals surface area contributed by atoms with Crippen LogP contribution in [0.15, 0.2) is 48.5 Å². The predicted molar refractivity (Wildman–Crippen MR) is 98.2 cm³/mol. The zero-order valence-electron chi connectivity index (χ0n) is 14.6. The number of benzene rings is 2. The van der Waals surface area contributed by atoms with Crippen LogP contribution in [0.3, 0.4) is 0 Å². The first-order chi connectivity index (χ1) is 12.6. The van der Waals surface area contributed by atoms with Crippen molar-refractivity contribution >= 4 is 11.7 Å². The van der Waals surface area contributed by atoms with Gasteiger partial charge in [0.25, 0.3) is 0 Å². The standard InChI is InChI=1S/C20H23F2N3O/c21-17-9-4-10-18(22)19(17)23-20(26)25-14-12-24(13-15-25)11-5-8-16-6-2-1-3-7-16/h1-4,6-7,9-10H,5,8,11-15H2,(H,23,26). The Balaban J connectivity index is 1.42. The number of piperazine rings is 1. The molecule has 1 saturated heterocycles. The first-order valence-corrected chi connectivity index (χ1v) is 8.90. The summed E-state index contributed by atoms with van der Waals surface area (Å²) in [7, 11) is 0. The third-order valence-corrected chi connectivity index (χ3v) is 4.64. The van der Waals surface area contributed by atoms with Gasteiger partial charge in [0, 0.05) is 26.2 Å². The number of amides is 2. The van der Waals surface area contributed by atoms with Crippen molar-refractivity contribution in [2.45, 2.75) is 12.8 Å². The predicted octanol–water partition coefficient (Wildman–Crippen LogP) is 3.75. The van der Waals surface area contributed by atoms with Crippen LogP contribution in [0.2, 0.25) is 0 Å². The molecule has 2 amide bonds. The molecule has 0 saturated carbocycles. The average Bonchev–Trinajstić information content (AvgIpc) is 2.66. The number of rotatable bonds is 5. The van der Waals surface area contributed by atoms with E-state index in [9.17, 15) is 13.6 Å². The molecule has 1 aliphatic rings. The number of hydrogen-bond acceptors (Lipinski definition) is 2. The Morgan fingerprint density at radius 3 is 2.23 bits per heavy atom. The quantitative estimate of drug-likeness (QED) is 0.883. The van der Waals surface area contributed by atoms with E-state index in [1.807, 2.05) is 18.2 Å². The summed E-state index contributed by atoms with van der Waals surface area (Å²) in [6.45, 7) is 3.61. The molecule has 1 heterocycles. The summed E-state index contributed by atoms with van der Waals surface area (Å²) in [5.74, 6) is -1.53. The van der Waals surface area contributed by atoms with Crippen LogP contribution in [-0.4, -0.2) is 48.6 Å².